The first-order valence-corrected chi connectivity index (χ1v) is 42.8. The van der Waals surface area contributed by atoms with Crippen molar-refractivity contribution in [3.63, 3.8) is 0 Å². The molecule has 0 aliphatic carbocycles. The number of aryl methyl sites for hydroxylation is 1. The van der Waals surface area contributed by atoms with Crippen LogP contribution in [0.3, 0.4) is 0 Å². The average molecular weight is 1720 g/mol. The summed E-state index contributed by atoms with van der Waals surface area (Å²) in [5.41, 5.74) is 16.9. The van der Waals surface area contributed by atoms with Gasteiger partial charge in [0, 0.05) is 81.4 Å². The summed E-state index contributed by atoms with van der Waals surface area (Å²) in [6.07, 6.45) is 28.4. The van der Waals surface area contributed by atoms with Crippen molar-refractivity contribution in [3.8, 4) is 0 Å². The van der Waals surface area contributed by atoms with Crippen molar-refractivity contribution in [1.29, 1.82) is 0 Å². The number of para-hydroxylation sites is 11. The molecule has 0 aliphatic rings. The van der Waals surface area contributed by atoms with Gasteiger partial charge < -0.3 is 38.2 Å². The van der Waals surface area contributed by atoms with E-state index in [0.717, 1.165) is 98.9 Å². The molecule has 0 saturated heterocycles. The Hall–Kier alpha value is -16.9. The third kappa shape index (κ3) is 25.2. The van der Waals surface area contributed by atoms with Crippen molar-refractivity contribution in [3.05, 3.63) is 443 Å². The Morgan fingerprint density at radius 3 is 1.43 bits per heavy atom. The number of oxazole rings is 1. The van der Waals surface area contributed by atoms with Crippen LogP contribution in [0.4, 0.5) is 0 Å². The number of H-pyrrole nitrogens is 7. The summed E-state index contributed by atoms with van der Waals surface area (Å²) in [6, 6.07) is 107. The molecule has 28 rings (SSSR count). The topological polar surface area (TPSA) is 297 Å². The fraction of sp³-hybridized carbons (Fsp3) is 0.00980. The van der Waals surface area contributed by atoms with E-state index in [2.05, 4.69) is 204 Å². The zero-order valence-electron chi connectivity index (χ0n) is 68.5. The van der Waals surface area contributed by atoms with Crippen molar-refractivity contribution in [1.82, 2.24) is 95.2 Å². The highest BCUT2D eigenvalue weighted by Crippen LogP contribution is 2.22. The van der Waals surface area contributed by atoms with Crippen LogP contribution in [0, 0.1) is 0 Å². The van der Waals surface area contributed by atoms with Gasteiger partial charge in [0.1, 0.15) is 22.1 Å². The van der Waals surface area contributed by atoms with Crippen LogP contribution in [-0.4, -0.2) is 95.2 Å². The maximum absolute atomic E-state index is 5.12. The molecule has 7 N–H and O–H groups in total. The number of thiophene rings is 2. The number of aromatic amines is 7. The molecule has 0 atom stereocenters. The Morgan fingerprint density at radius 1 is 0.331 bits per heavy atom. The Balaban J connectivity index is 0.000000105. The summed E-state index contributed by atoms with van der Waals surface area (Å²) in [5.74, 6) is 0. The number of nitrogens with one attached hydrogen (secondary N) is 7. The van der Waals surface area contributed by atoms with Gasteiger partial charge in [-0.3, -0.25) is 19.7 Å². The number of aromatic nitrogens is 19. The standard InChI is InChI=1S/C8H8N2.2C8H7N.2C8H6O.2C8H6S.2C7H6N2.C7H5NO.C7H5NS.3C6H5N3/c1-10-6-7-4-2-3-5-8(7)9-10;1-2-4-8-6-9-5-7(8)3-1;1-2-4-8-7(3-1)5-6-9-8;1-2-4-8-6-9-5-7(8)3-1;1-2-4-8-7(3-1)5-6-9-8;1-2-4-8-6-9-5-7(8)3-1;1-2-4-8-7(3-1)5-6-9-8;4*1-2-4-7-6(3-1)8-5-9-7;1-2-7-3-6-5(1)8-4-9-6;1-2-7-4-6-5(1)3-8-9-6;1-2-4-6-5(3-1)7-9-8-6/h2-6H,1H3;2*1-6,9H;4*1-6H;2*1-5H,(H,8,9);2*1-5H;2*1-4H,(H,8,9);1-4H,(H,7,8,9). The molecular formula is C102H83N19O3S3. The maximum Gasteiger partial charge on any atom is 0.181 e. The minimum absolute atomic E-state index is 0.845. The smallest absolute Gasteiger partial charge is 0.181 e. The molecule has 0 aliphatic heterocycles. The minimum atomic E-state index is 0.845. The summed E-state index contributed by atoms with van der Waals surface area (Å²) in [7, 11) is 1.93. The predicted molar refractivity (Wildman–Crippen MR) is 521 cm³/mol. The molecule has 12 aromatic carbocycles. The van der Waals surface area contributed by atoms with Crippen LogP contribution in [0.1, 0.15) is 0 Å². The second kappa shape index (κ2) is 45.7. The van der Waals surface area contributed by atoms with E-state index in [1.54, 1.807) is 103 Å². The van der Waals surface area contributed by atoms with Crippen LogP contribution < -0.4 is 0 Å². The number of hydrogen-bond acceptors (Lipinski definition) is 17. The lowest BCUT2D eigenvalue weighted by Gasteiger charge is -1.83. The van der Waals surface area contributed by atoms with Gasteiger partial charge in [-0.15, -0.1) is 22.7 Å². The van der Waals surface area contributed by atoms with Crippen LogP contribution in [0.5, 0.6) is 0 Å². The highest BCUT2D eigenvalue weighted by Gasteiger charge is 2.00. The highest BCUT2D eigenvalue weighted by molar-refractivity contribution is 7.17. The van der Waals surface area contributed by atoms with E-state index in [1.165, 1.54) is 59.0 Å². The lowest BCUT2D eigenvalue weighted by Crippen LogP contribution is -1.84. The third-order valence-electron chi connectivity index (χ3n) is 18.8. The molecule has 28 aromatic rings. The second-order valence-electron chi connectivity index (χ2n) is 27.3. The number of pyridine rings is 2. The van der Waals surface area contributed by atoms with E-state index in [0.29, 0.717) is 0 Å². The van der Waals surface area contributed by atoms with Gasteiger partial charge in [-0.05, 0) is 164 Å². The number of nitrogens with zero attached hydrogens (tertiary/aromatic N) is 12. The van der Waals surface area contributed by atoms with Crippen LogP contribution >= 0.6 is 34.0 Å². The Bertz CT molecular complexity index is 5940. The predicted octanol–water partition coefficient (Wildman–Crippen LogP) is 26.7. The van der Waals surface area contributed by atoms with E-state index < -0.39 is 0 Å². The van der Waals surface area contributed by atoms with Crippen LogP contribution in [-0.2, 0) is 7.05 Å². The van der Waals surface area contributed by atoms with Crippen LogP contribution in [0.25, 0.3) is 152 Å². The number of furan rings is 2. The molecule has 22 nitrogen and oxygen atoms in total. The van der Waals surface area contributed by atoms with Crippen LogP contribution in [0.2, 0.25) is 0 Å². The molecule has 0 fully saturated rings. The quantitative estimate of drug-likeness (QED) is 0.0743. The minimum Gasteiger partial charge on any atom is -0.471 e. The van der Waals surface area contributed by atoms with Crippen molar-refractivity contribution in [2.24, 2.45) is 7.05 Å². The van der Waals surface area contributed by atoms with E-state index in [4.69, 9.17) is 13.3 Å². The van der Waals surface area contributed by atoms with Crippen molar-refractivity contribution in [2.75, 3.05) is 0 Å². The fourth-order valence-electron chi connectivity index (χ4n) is 12.4. The van der Waals surface area contributed by atoms with Gasteiger partial charge in [0.15, 0.2) is 12.0 Å². The van der Waals surface area contributed by atoms with Gasteiger partial charge in [-0.2, -0.15) is 36.9 Å². The van der Waals surface area contributed by atoms with Crippen molar-refractivity contribution < 1.29 is 13.3 Å². The zero-order chi connectivity index (χ0) is 86.3. The van der Waals surface area contributed by atoms with E-state index in [-0.39, 0.29) is 0 Å². The molecule has 0 radical (unpaired) electrons. The molecule has 0 bridgehead atoms. The van der Waals surface area contributed by atoms with E-state index in [1.807, 2.05) is 266 Å². The monoisotopic (exact) mass is 1720 g/mol. The molecule has 0 amide bonds. The van der Waals surface area contributed by atoms with E-state index in [9.17, 15) is 0 Å². The first kappa shape index (κ1) is 85.1. The van der Waals surface area contributed by atoms with Crippen LogP contribution in [0.15, 0.2) is 456 Å². The molecule has 0 saturated carbocycles. The number of thiazole rings is 1. The molecule has 0 unspecified atom stereocenters. The van der Waals surface area contributed by atoms with Gasteiger partial charge in [0.2, 0.25) is 0 Å². The van der Waals surface area contributed by atoms with E-state index >= 15 is 0 Å². The van der Waals surface area contributed by atoms with Gasteiger partial charge >= 0.3 is 0 Å². The highest BCUT2D eigenvalue weighted by atomic mass is 32.1. The largest absolute Gasteiger partial charge is 0.471 e. The average Bonchev–Trinajstić information content (AvgIpc) is 1.71. The SMILES string of the molecule is Cn1cc2ccccc2n1.c1cc2cn[nH]c2cn1.c1cc2nc[nH]c2cn1.c1ccc2[nH]ccc2c1.c1ccc2[nH]cnc2c1.c1ccc2[nH]cnc2c1.c1ccc2c[nH]cc2c1.c1ccc2cocc2c1.c1ccc2cscc2c1.c1ccc2n[nH]nc2c1.c1ccc2occc2c1.c1ccc2ocnc2c1.c1ccc2sccc2c1.c1ccc2scnc2c1. The summed E-state index contributed by atoms with van der Waals surface area (Å²) in [5, 5.41) is 41.3. The number of fused-ring (bicyclic) bond motifs is 14. The lowest BCUT2D eigenvalue weighted by atomic mass is 10.2. The molecule has 16 aromatic heterocycles. The molecule has 127 heavy (non-hydrogen) atoms. The Morgan fingerprint density at radius 2 is 0.835 bits per heavy atom. The number of benzene rings is 12. The molecule has 25 heteroatoms. The third-order valence-corrected chi connectivity index (χ3v) is 21.3. The number of hydrogen-bond donors (Lipinski definition) is 7. The van der Waals surface area contributed by atoms with Gasteiger partial charge in [-0.1, -0.05) is 206 Å². The first-order valence-electron chi connectivity index (χ1n) is 40.1. The molecule has 0 spiro atoms. The molecule has 16 heterocycles. The fourth-order valence-corrected chi connectivity index (χ4v) is 14.7. The summed E-state index contributed by atoms with van der Waals surface area (Å²) < 4.78 is 19.5. The summed E-state index contributed by atoms with van der Waals surface area (Å²) in [6.45, 7) is 0. The van der Waals surface area contributed by atoms with Gasteiger partial charge in [0.25, 0.3) is 0 Å². The number of rotatable bonds is 0. The molecular weight excluding hydrogens is 1640 g/mol. The molecule has 622 valence electrons. The Labute approximate surface area is 739 Å². The Kier molecular flexibility index (Phi) is 30.6. The van der Waals surface area contributed by atoms with Gasteiger partial charge in [0.05, 0.1) is 116 Å². The van der Waals surface area contributed by atoms with Crippen molar-refractivity contribution in [2.45, 2.75) is 0 Å². The number of imidazole rings is 3. The lowest BCUT2D eigenvalue weighted by molar-refractivity contribution is 0.572. The maximum atomic E-state index is 5.12. The second-order valence-corrected chi connectivity index (χ2v) is 29.9. The first-order chi connectivity index (χ1) is 62.9. The zero-order valence-corrected chi connectivity index (χ0v) is 70.9. The summed E-state index contributed by atoms with van der Waals surface area (Å²) in [4.78, 5) is 43.2. The summed E-state index contributed by atoms with van der Waals surface area (Å²) >= 11 is 5.22. The van der Waals surface area contributed by atoms with Gasteiger partial charge in [-0.25, -0.2) is 24.9 Å². The normalized spacial score (nSPS) is 10.2. The van der Waals surface area contributed by atoms with Crippen molar-refractivity contribution >= 4 is 186 Å².